The minimum absolute atomic E-state index is 0.197. The van der Waals surface area contributed by atoms with Gasteiger partial charge in [-0.25, -0.2) is 0 Å². The van der Waals surface area contributed by atoms with Crippen LogP contribution in [0.1, 0.15) is 6.42 Å². The number of nitrogens with two attached hydrogens (primary N) is 1. The summed E-state index contributed by atoms with van der Waals surface area (Å²) in [6, 6.07) is 7.69. The van der Waals surface area contributed by atoms with Crippen molar-refractivity contribution >= 4 is 28.4 Å². The maximum absolute atomic E-state index is 12.0. The Balaban J connectivity index is 1.95. The van der Waals surface area contributed by atoms with Crippen molar-refractivity contribution in [3.8, 4) is 0 Å². The molecule has 0 aliphatic carbocycles. The summed E-state index contributed by atoms with van der Waals surface area (Å²) in [4.78, 5) is 27.9. The monoisotopic (exact) mass is 243 g/mol. The highest BCUT2D eigenvalue weighted by atomic mass is 16.2. The normalized spacial score (nSPS) is 19.7. The summed E-state index contributed by atoms with van der Waals surface area (Å²) in [6.07, 6.45) is 2.35. The number of hydrogen-bond acceptors (Lipinski definition) is 2. The average molecular weight is 243 g/mol. The summed E-state index contributed by atoms with van der Waals surface area (Å²) in [6.45, 7) is 0.544. The Bertz CT molecular complexity index is 632. The van der Waals surface area contributed by atoms with Crippen molar-refractivity contribution in [1.82, 2.24) is 4.98 Å². The summed E-state index contributed by atoms with van der Waals surface area (Å²) in [5, 5.41) is 1.04. The molecule has 0 bridgehead atoms. The van der Waals surface area contributed by atoms with Gasteiger partial charge in [0.05, 0.1) is 0 Å². The minimum atomic E-state index is -0.674. The van der Waals surface area contributed by atoms with Crippen LogP contribution >= 0.6 is 0 Å². The number of benzene rings is 1. The van der Waals surface area contributed by atoms with E-state index in [4.69, 9.17) is 5.73 Å². The zero-order valence-electron chi connectivity index (χ0n) is 9.72. The maximum atomic E-state index is 12.0. The molecule has 1 aliphatic heterocycles. The van der Waals surface area contributed by atoms with Crippen molar-refractivity contribution in [1.29, 1.82) is 0 Å². The minimum Gasteiger partial charge on any atom is -0.369 e. The highest BCUT2D eigenvalue weighted by molar-refractivity contribution is 6.09. The van der Waals surface area contributed by atoms with Crippen LogP contribution in [0.5, 0.6) is 0 Å². The van der Waals surface area contributed by atoms with E-state index in [0.29, 0.717) is 13.0 Å². The van der Waals surface area contributed by atoms with Crippen molar-refractivity contribution in [3.05, 3.63) is 30.5 Å². The molecular weight excluding hydrogens is 230 g/mol. The molecule has 2 amide bonds. The molecule has 0 spiro atoms. The van der Waals surface area contributed by atoms with Gasteiger partial charge in [-0.3, -0.25) is 9.59 Å². The SMILES string of the molecule is NC(=O)C1CCN(c2ccc3[nH]ccc3c2)C1=O. The molecule has 1 saturated heterocycles. The van der Waals surface area contributed by atoms with Crippen LogP contribution in [0.3, 0.4) is 0 Å². The molecule has 3 N–H and O–H groups in total. The molecule has 1 unspecified atom stereocenters. The van der Waals surface area contributed by atoms with Gasteiger partial charge in [0.15, 0.2) is 0 Å². The summed E-state index contributed by atoms with van der Waals surface area (Å²) in [5.41, 5.74) is 7.05. The van der Waals surface area contributed by atoms with Gasteiger partial charge in [-0.2, -0.15) is 0 Å². The quantitative estimate of drug-likeness (QED) is 0.772. The number of hydrogen-bond donors (Lipinski definition) is 2. The topological polar surface area (TPSA) is 79.2 Å². The van der Waals surface area contributed by atoms with E-state index in [2.05, 4.69) is 4.98 Å². The fourth-order valence-electron chi connectivity index (χ4n) is 2.41. The summed E-state index contributed by atoms with van der Waals surface area (Å²) in [5.74, 6) is -1.41. The molecule has 1 fully saturated rings. The second-order valence-electron chi connectivity index (χ2n) is 4.48. The Hall–Kier alpha value is -2.30. The third kappa shape index (κ3) is 1.55. The Labute approximate surface area is 104 Å². The summed E-state index contributed by atoms with van der Waals surface area (Å²) in [7, 11) is 0. The third-order valence-corrected chi connectivity index (χ3v) is 3.40. The Kier molecular flexibility index (Phi) is 2.33. The zero-order chi connectivity index (χ0) is 12.7. The molecular formula is C13H13N3O2. The Morgan fingerprint density at radius 3 is 2.94 bits per heavy atom. The van der Waals surface area contributed by atoms with Gasteiger partial charge in [0.2, 0.25) is 11.8 Å². The first-order chi connectivity index (χ1) is 8.66. The van der Waals surface area contributed by atoms with Crippen LogP contribution in [0.4, 0.5) is 5.69 Å². The third-order valence-electron chi connectivity index (χ3n) is 3.40. The molecule has 3 rings (SSSR count). The Morgan fingerprint density at radius 2 is 2.22 bits per heavy atom. The van der Waals surface area contributed by atoms with Gasteiger partial charge in [-0.1, -0.05) is 0 Å². The van der Waals surface area contributed by atoms with Crippen LogP contribution in [0.25, 0.3) is 10.9 Å². The van der Waals surface area contributed by atoms with Crippen LogP contribution in [0, 0.1) is 5.92 Å². The molecule has 0 saturated carbocycles. The lowest BCUT2D eigenvalue weighted by atomic mass is 10.1. The molecule has 1 atom stereocenters. The van der Waals surface area contributed by atoms with E-state index >= 15 is 0 Å². The second kappa shape index (κ2) is 3.87. The predicted octanol–water partition coefficient (Wildman–Crippen LogP) is 1.01. The summed E-state index contributed by atoms with van der Waals surface area (Å²) < 4.78 is 0. The van der Waals surface area contributed by atoms with E-state index < -0.39 is 11.8 Å². The average Bonchev–Trinajstić information content (AvgIpc) is 2.93. The van der Waals surface area contributed by atoms with E-state index in [-0.39, 0.29) is 5.91 Å². The molecule has 92 valence electrons. The van der Waals surface area contributed by atoms with Crippen LogP contribution in [0.2, 0.25) is 0 Å². The molecule has 1 aliphatic rings. The molecule has 5 heteroatoms. The lowest BCUT2D eigenvalue weighted by Gasteiger charge is -2.16. The maximum Gasteiger partial charge on any atom is 0.239 e. The van der Waals surface area contributed by atoms with Crippen molar-refractivity contribution in [2.75, 3.05) is 11.4 Å². The van der Waals surface area contributed by atoms with Crippen molar-refractivity contribution in [2.45, 2.75) is 6.42 Å². The highest BCUT2D eigenvalue weighted by Crippen LogP contribution is 2.27. The van der Waals surface area contributed by atoms with Gasteiger partial charge >= 0.3 is 0 Å². The molecule has 1 aromatic carbocycles. The molecule has 1 aromatic heterocycles. The molecule has 5 nitrogen and oxygen atoms in total. The van der Waals surface area contributed by atoms with E-state index in [1.54, 1.807) is 4.90 Å². The highest BCUT2D eigenvalue weighted by Gasteiger charge is 2.36. The molecule has 0 radical (unpaired) electrons. The van der Waals surface area contributed by atoms with Crippen molar-refractivity contribution in [3.63, 3.8) is 0 Å². The number of fused-ring (bicyclic) bond motifs is 1. The van der Waals surface area contributed by atoms with Crippen LogP contribution < -0.4 is 10.6 Å². The largest absolute Gasteiger partial charge is 0.369 e. The smallest absolute Gasteiger partial charge is 0.239 e. The number of carbonyl (C=O) groups excluding carboxylic acids is 2. The Morgan fingerprint density at radius 1 is 1.39 bits per heavy atom. The van der Waals surface area contributed by atoms with E-state index in [9.17, 15) is 9.59 Å². The van der Waals surface area contributed by atoms with E-state index in [0.717, 1.165) is 16.6 Å². The fraction of sp³-hybridized carbons (Fsp3) is 0.231. The molecule has 2 aromatic rings. The fourth-order valence-corrected chi connectivity index (χ4v) is 2.41. The van der Waals surface area contributed by atoms with Crippen LogP contribution in [0.15, 0.2) is 30.5 Å². The lowest BCUT2D eigenvalue weighted by Crippen LogP contribution is -2.33. The van der Waals surface area contributed by atoms with Gasteiger partial charge in [0.25, 0.3) is 0 Å². The number of aromatic nitrogens is 1. The molecule has 18 heavy (non-hydrogen) atoms. The van der Waals surface area contributed by atoms with Gasteiger partial charge in [-0.15, -0.1) is 0 Å². The zero-order valence-corrected chi connectivity index (χ0v) is 9.72. The van der Waals surface area contributed by atoms with Crippen molar-refractivity contribution < 1.29 is 9.59 Å². The number of anilines is 1. The number of primary amides is 1. The van der Waals surface area contributed by atoms with Gasteiger partial charge in [-0.05, 0) is 30.7 Å². The number of carbonyl (C=O) groups is 2. The van der Waals surface area contributed by atoms with Gasteiger partial charge in [0, 0.05) is 29.3 Å². The van der Waals surface area contributed by atoms with E-state index in [1.165, 1.54) is 0 Å². The van der Waals surface area contributed by atoms with Gasteiger partial charge in [0.1, 0.15) is 5.92 Å². The van der Waals surface area contributed by atoms with Crippen LogP contribution in [-0.2, 0) is 9.59 Å². The number of rotatable bonds is 2. The van der Waals surface area contributed by atoms with Crippen LogP contribution in [-0.4, -0.2) is 23.3 Å². The predicted molar refractivity (Wildman–Crippen MR) is 68.0 cm³/mol. The first-order valence-electron chi connectivity index (χ1n) is 5.84. The number of aromatic amines is 1. The van der Waals surface area contributed by atoms with Gasteiger partial charge < -0.3 is 15.6 Å². The number of nitrogens with one attached hydrogen (secondary N) is 1. The summed E-state index contributed by atoms with van der Waals surface area (Å²) >= 11 is 0. The molecule has 2 heterocycles. The second-order valence-corrected chi connectivity index (χ2v) is 4.48. The number of amides is 2. The number of nitrogens with zero attached hydrogens (tertiary/aromatic N) is 1. The van der Waals surface area contributed by atoms with Crippen molar-refractivity contribution in [2.24, 2.45) is 11.7 Å². The first-order valence-corrected chi connectivity index (χ1v) is 5.84. The standard InChI is InChI=1S/C13H13N3O2/c14-12(17)10-4-6-16(13(10)18)9-1-2-11-8(7-9)3-5-15-11/h1-3,5,7,10,15H,4,6H2,(H2,14,17). The first kappa shape index (κ1) is 10.8. The number of H-pyrrole nitrogens is 1. The van der Waals surface area contributed by atoms with E-state index in [1.807, 2.05) is 30.5 Å². The lowest BCUT2D eigenvalue weighted by molar-refractivity contribution is -0.130.